The summed E-state index contributed by atoms with van der Waals surface area (Å²) in [5.74, 6) is 0.191. The molecule has 1 saturated carbocycles. The van der Waals surface area contributed by atoms with E-state index in [0.29, 0.717) is 28.5 Å². The Morgan fingerprint density at radius 2 is 1.75 bits per heavy atom. The second kappa shape index (κ2) is 9.16. The van der Waals surface area contributed by atoms with E-state index >= 15 is 0 Å². The fourth-order valence-corrected chi connectivity index (χ4v) is 6.74. The van der Waals surface area contributed by atoms with Crippen molar-refractivity contribution in [2.75, 3.05) is 0 Å². The quantitative estimate of drug-likeness (QED) is 0.368. The molecule has 0 saturated heterocycles. The number of fused-ring (bicyclic) bond motifs is 1. The first-order valence-electron chi connectivity index (χ1n) is 11.3. The van der Waals surface area contributed by atoms with E-state index in [-0.39, 0.29) is 34.6 Å². The minimum absolute atomic E-state index is 0.0262. The molecule has 14 heteroatoms. The third-order valence-corrected chi connectivity index (χ3v) is 9.39. The van der Waals surface area contributed by atoms with Crippen molar-refractivity contribution in [2.45, 2.75) is 49.1 Å². The molecular formula is C22H22Cl2N6O5S. The molecule has 190 valence electrons. The number of nitrogens with zero attached hydrogens (tertiary/aromatic N) is 6. The normalized spacial score (nSPS) is 15.1. The monoisotopic (exact) mass is 552 g/mol. The first kappa shape index (κ1) is 24.7. The van der Waals surface area contributed by atoms with Gasteiger partial charge in [0.15, 0.2) is 11.2 Å². The maximum atomic E-state index is 13.7. The van der Waals surface area contributed by atoms with Crippen LogP contribution in [0.5, 0.6) is 0 Å². The number of hydrogen-bond acceptors (Lipinski definition) is 8. The number of aryl methyl sites for hydroxylation is 1. The summed E-state index contributed by atoms with van der Waals surface area (Å²) < 4.78 is 36.5. The van der Waals surface area contributed by atoms with E-state index in [1.54, 1.807) is 18.2 Å². The first-order valence-corrected chi connectivity index (χ1v) is 13.6. The second-order valence-electron chi connectivity index (χ2n) is 8.79. The molecule has 5 rings (SSSR count). The van der Waals surface area contributed by atoms with E-state index in [1.165, 1.54) is 18.7 Å². The molecule has 4 aromatic rings. The van der Waals surface area contributed by atoms with Gasteiger partial charge in [-0.15, -0.1) is 10.2 Å². The van der Waals surface area contributed by atoms with Gasteiger partial charge in [0, 0.05) is 19.7 Å². The first-order chi connectivity index (χ1) is 17.1. The summed E-state index contributed by atoms with van der Waals surface area (Å²) in [6, 6.07) is 4.81. The fourth-order valence-electron chi connectivity index (χ4n) is 4.51. The van der Waals surface area contributed by atoms with Crippen LogP contribution in [0.25, 0.3) is 22.6 Å². The van der Waals surface area contributed by atoms with Gasteiger partial charge in [0.05, 0.1) is 15.3 Å². The predicted octanol–water partition coefficient (Wildman–Crippen LogP) is 2.95. The Hall–Kier alpha value is -2.96. The van der Waals surface area contributed by atoms with Gasteiger partial charge in [0.1, 0.15) is 6.54 Å². The zero-order valence-electron chi connectivity index (χ0n) is 19.4. The Morgan fingerprint density at radius 3 is 2.44 bits per heavy atom. The zero-order valence-corrected chi connectivity index (χ0v) is 21.8. The van der Waals surface area contributed by atoms with Crippen LogP contribution in [0.3, 0.4) is 0 Å². The molecule has 0 N–H and O–H groups in total. The number of aromatic nitrogens is 6. The Kier molecular flexibility index (Phi) is 6.29. The summed E-state index contributed by atoms with van der Waals surface area (Å²) in [4.78, 5) is 29.9. The summed E-state index contributed by atoms with van der Waals surface area (Å²) in [5, 5.41) is 7.82. The Labute approximate surface area is 215 Å². The van der Waals surface area contributed by atoms with Crippen LogP contribution >= 0.6 is 23.2 Å². The van der Waals surface area contributed by atoms with Crippen LogP contribution < -0.4 is 11.2 Å². The Balaban J connectivity index is 1.67. The highest BCUT2D eigenvalue weighted by Gasteiger charge is 2.35. The number of benzene rings is 1. The van der Waals surface area contributed by atoms with E-state index in [9.17, 15) is 18.0 Å². The highest BCUT2D eigenvalue weighted by Crippen LogP contribution is 2.31. The maximum absolute atomic E-state index is 13.7. The SMILES string of the molecule is Cn1c(=O)c2c(nc(S(=O)(=O)C3CCCCC3)n2Cc2nnc(-c3ccc(Cl)c(Cl)c3)o2)n(C)c1=O. The summed E-state index contributed by atoms with van der Waals surface area (Å²) in [6.07, 6.45) is 3.56. The molecule has 3 aromatic heterocycles. The van der Waals surface area contributed by atoms with Gasteiger partial charge in [0.25, 0.3) is 5.56 Å². The highest BCUT2D eigenvalue weighted by atomic mass is 35.5. The molecule has 11 nitrogen and oxygen atoms in total. The van der Waals surface area contributed by atoms with Crippen LogP contribution in [-0.4, -0.2) is 42.6 Å². The van der Waals surface area contributed by atoms with E-state index in [4.69, 9.17) is 27.6 Å². The van der Waals surface area contributed by atoms with Gasteiger partial charge in [-0.25, -0.2) is 13.2 Å². The lowest BCUT2D eigenvalue weighted by molar-refractivity contribution is 0.464. The zero-order chi connectivity index (χ0) is 25.8. The van der Waals surface area contributed by atoms with Gasteiger partial charge in [-0.2, -0.15) is 4.98 Å². The molecule has 1 aliphatic carbocycles. The van der Waals surface area contributed by atoms with Crippen molar-refractivity contribution in [3.63, 3.8) is 0 Å². The predicted molar refractivity (Wildman–Crippen MR) is 133 cm³/mol. The molecule has 0 unspecified atom stereocenters. The van der Waals surface area contributed by atoms with Crippen LogP contribution in [0.1, 0.15) is 38.0 Å². The Morgan fingerprint density at radius 1 is 1.03 bits per heavy atom. The molecule has 0 atom stereocenters. The van der Waals surface area contributed by atoms with E-state index in [0.717, 1.165) is 28.4 Å². The van der Waals surface area contributed by atoms with Crippen molar-refractivity contribution >= 4 is 44.2 Å². The molecule has 0 bridgehead atoms. The summed E-state index contributed by atoms with van der Waals surface area (Å²) in [6.45, 7) is -0.237. The van der Waals surface area contributed by atoms with Crippen LogP contribution in [0.2, 0.25) is 10.0 Å². The Bertz CT molecular complexity index is 1710. The van der Waals surface area contributed by atoms with Gasteiger partial charge < -0.3 is 4.42 Å². The van der Waals surface area contributed by atoms with Crippen molar-refractivity contribution in [3.05, 3.63) is 55.0 Å². The number of imidazole rings is 1. The van der Waals surface area contributed by atoms with Crippen LogP contribution in [0.15, 0.2) is 37.4 Å². The molecular weight excluding hydrogens is 531 g/mol. The average molecular weight is 553 g/mol. The van der Waals surface area contributed by atoms with Gasteiger partial charge in [0.2, 0.25) is 26.8 Å². The average Bonchev–Trinajstić information content (AvgIpc) is 3.49. The maximum Gasteiger partial charge on any atom is 0.332 e. The molecule has 1 aliphatic rings. The third kappa shape index (κ3) is 4.06. The largest absolute Gasteiger partial charge is 0.419 e. The number of hydrogen-bond donors (Lipinski definition) is 0. The summed E-state index contributed by atoms with van der Waals surface area (Å²) in [5.41, 5.74) is -0.828. The van der Waals surface area contributed by atoms with Gasteiger partial charge in [-0.05, 0) is 31.0 Å². The van der Waals surface area contributed by atoms with Crippen molar-refractivity contribution in [1.29, 1.82) is 0 Å². The minimum Gasteiger partial charge on any atom is -0.419 e. The molecule has 36 heavy (non-hydrogen) atoms. The summed E-state index contributed by atoms with van der Waals surface area (Å²) >= 11 is 12.1. The van der Waals surface area contributed by atoms with Gasteiger partial charge in [-0.3, -0.25) is 18.5 Å². The molecule has 1 fully saturated rings. The van der Waals surface area contributed by atoms with Crippen molar-refractivity contribution in [3.8, 4) is 11.5 Å². The number of halogens is 2. The van der Waals surface area contributed by atoms with Crippen molar-refractivity contribution in [1.82, 2.24) is 28.9 Å². The number of sulfone groups is 1. The lowest BCUT2D eigenvalue weighted by Gasteiger charge is -2.21. The molecule has 3 heterocycles. The lowest BCUT2D eigenvalue weighted by Crippen LogP contribution is -2.37. The fraction of sp³-hybridized carbons (Fsp3) is 0.409. The highest BCUT2D eigenvalue weighted by molar-refractivity contribution is 7.91. The van der Waals surface area contributed by atoms with E-state index < -0.39 is 26.3 Å². The van der Waals surface area contributed by atoms with Gasteiger partial charge >= 0.3 is 5.69 Å². The molecule has 0 radical (unpaired) electrons. The minimum atomic E-state index is -3.92. The standard InChI is InChI=1S/C22H22Cl2N6O5S/c1-28-18-17(20(31)29(2)22(28)32)30(21(25-18)36(33,34)13-6-4-3-5-7-13)11-16-26-27-19(35-16)12-8-9-14(23)15(24)10-12/h8-10,13H,3-7,11H2,1-2H3. The topological polar surface area (TPSA) is 135 Å². The molecule has 1 aromatic carbocycles. The molecule has 0 aliphatic heterocycles. The van der Waals surface area contributed by atoms with Gasteiger partial charge in [-0.1, -0.05) is 42.5 Å². The van der Waals surface area contributed by atoms with Crippen LogP contribution in [0.4, 0.5) is 0 Å². The third-order valence-electron chi connectivity index (χ3n) is 6.49. The molecule has 0 amide bonds. The van der Waals surface area contributed by atoms with Crippen LogP contribution in [0, 0.1) is 0 Å². The van der Waals surface area contributed by atoms with Crippen molar-refractivity contribution < 1.29 is 12.8 Å². The lowest BCUT2D eigenvalue weighted by atomic mass is 10.0. The van der Waals surface area contributed by atoms with Crippen LogP contribution in [-0.2, 0) is 30.5 Å². The van der Waals surface area contributed by atoms with Crippen molar-refractivity contribution in [2.24, 2.45) is 14.1 Å². The summed E-state index contributed by atoms with van der Waals surface area (Å²) in [7, 11) is -1.16. The number of rotatable bonds is 5. The van der Waals surface area contributed by atoms with E-state index in [2.05, 4.69) is 15.2 Å². The molecule has 0 spiro atoms. The second-order valence-corrected chi connectivity index (χ2v) is 11.7. The van der Waals surface area contributed by atoms with E-state index in [1.807, 2.05) is 0 Å². The smallest absolute Gasteiger partial charge is 0.332 e.